The standard InChI is InChI=1S/C13H10N2O/c16-8-12-7-15(9-14-12)13-5-3-11(4-6-13)10-1-2-10/h3-7,9-10,16H,8H2. The zero-order valence-corrected chi connectivity index (χ0v) is 8.59. The van der Waals surface area contributed by atoms with Gasteiger partial charge in [-0.15, -0.1) is 0 Å². The molecule has 1 N–H and O–H groups in total. The summed E-state index contributed by atoms with van der Waals surface area (Å²) in [5, 5.41) is 8.93. The molecule has 0 amide bonds. The molecule has 0 unspecified atom stereocenters. The lowest BCUT2D eigenvalue weighted by atomic mass is 10.1. The summed E-state index contributed by atoms with van der Waals surface area (Å²) in [7, 11) is 0. The molecule has 2 aromatic rings. The maximum Gasteiger partial charge on any atom is 0.106 e. The first-order valence-corrected chi connectivity index (χ1v) is 5.12. The van der Waals surface area contributed by atoms with Crippen LogP contribution in [0.2, 0.25) is 0 Å². The quantitative estimate of drug-likeness (QED) is 0.779. The van der Waals surface area contributed by atoms with Gasteiger partial charge in [0.05, 0.1) is 18.6 Å². The van der Waals surface area contributed by atoms with E-state index in [0.717, 1.165) is 5.69 Å². The fourth-order valence-electron chi connectivity index (χ4n) is 1.63. The van der Waals surface area contributed by atoms with E-state index in [1.807, 2.05) is 22.9 Å². The molecule has 0 atom stereocenters. The first-order valence-electron chi connectivity index (χ1n) is 5.12. The van der Waals surface area contributed by atoms with Gasteiger partial charge in [0, 0.05) is 11.9 Å². The molecule has 16 heavy (non-hydrogen) atoms. The highest BCUT2D eigenvalue weighted by Crippen LogP contribution is 2.22. The minimum Gasteiger partial charge on any atom is -0.390 e. The Bertz CT molecular complexity index is 564. The summed E-state index contributed by atoms with van der Waals surface area (Å²) in [6, 6.07) is 8.18. The van der Waals surface area contributed by atoms with Gasteiger partial charge in [-0.25, -0.2) is 4.98 Å². The smallest absolute Gasteiger partial charge is 0.106 e. The van der Waals surface area contributed by atoms with Crippen LogP contribution in [0.5, 0.6) is 0 Å². The van der Waals surface area contributed by atoms with E-state index in [9.17, 15) is 0 Å². The fraction of sp³-hybridized carbons (Fsp3) is 0.154. The van der Waals surface area contributed by atoms with Gasteiger partial charge in [-0.3, -0.25) is 0 Å². The van der Waals surface area contributed by atoms with Crippen molar-refractivity contribution in [3.63, 3.8) is 0 Å². The van der Waals surface area contributed by atoms with E-state index in [0.29, 0.717) is 11.6 Å². The van der Waals surface area contributed by atoms with E-state index in [2.05, 4.69) is 29.0 Å². The van der Waals surface area contributed by atoms with E-state index in [1.165, 1.54) is 5.56 Å². The molecule has 0 saturated heterocycles. The molecule has 0 saturated carbocycles. The summed E-state index contributed by atoms with van der Waals surface area (Å²) in [5.41, 5.74) is 2.93. The largest absolute Gasteiger partial charge is 0.390 e. The lowest BCUT2D eigenvalue weighted by Crippen LogP contribution is -1.91. The lowest BCUT2D eigenvalue weighted by molar-refractivity contribution is 0.277. The van der Waals surface area contributed by atoms with Gasteiger partial charge >= 0.3 is 0 Å². The SMILES string of the molecule is OCc1cn(-c2ccc(C3C#C3)cc2)cn1. The third-order valence-electron chi connectivity index (χ3n) is 2.61. The molecular weight excluding hydrogens is 200 g/mol. The van der Waals surface area contributed by atoms with Crippen molar-refractivity contribution < 1.29 is 5.11 Å². The zero-order valence-electron chi connectivity index (χ0n) is 8.59. The second kappa shape index (κ2) is 3.51. The molecule has 1 aromatic heterocycles. The van der Waals surface area contributed by atoms with Crippen molar-refractivity contribution in [2.45, 2.75) is 12.5 Å². The molecule has 0 spiro atoms. The average molecular weight is 210 g/mol. The highest BCUT2D eigenvalue weighted by Gasteiger charge is 2.12. The van der Waals surface area contributed by atoms with Gasteiger partial charge < -0.3 is 9.67 Å². The Morgan fingerprint density at radius 1 is 1.25 bits per heavy atom. The summed E-state index contributed by atoms with van der Waals surface area (Å²) in [6.45, 7) is -0.0268. The zero-order chi connectivity index (χ0) is 11.0. The van der Waals surface area contributed by atoms with Crippen LogP contribution in [-0.2, 0) is 6.61 Å². The number of benzene rings is 1. The molecule has 0 aliphatic heterocycles. The molecule has 3 rings (SSSR count). The summed E-state index contributed by atoms with van der Waals surface area (Å²) in [4.78, 5) is 4.07. The molecule has 1 aromatic carbocycles. The van der Waals surface area contributed by atoms with Crippen molar-refractivity contribution in [1.82, 2.24) is 9.55 Å². The van der Waals surface area contributed by atoms with Crippen LogP contribution in [0.15, 0.2) is 36.8 Å². The van der Waals surface area contributed by atoms with Gasteiger partial charge in [-0.05, 0) is 17.7 Å². The molecule has 0 bridgehead atoms. The minimum absolute atomic E-state index is 0.0268. The van der Waals surface area contributed by atoms with Crippen LogP contribution in [0.25, 0.3) is 5.69 Å². The van der Waals surface area contributed by atoms with Gasteiger partial charge in [-0.1, -0.05) is 24.0 Å². The Morgan fingerprint density at radius 3 is 2.56 bits per heavy atom. The van der Waals surface area contributed by atoms with E-state index in [1.54, 1.807) is 6.33 Å². The summed E-state index contributed by atoms with van der Waals surface area (Å²) < 4.78 is 1.89. The molecule has 0 fully saturated rings. The number of aliphatic hydroxyl groups excluding tert-OH is 1. The maximum atomic E-state index is 8.93. The highest BCUT2D eigenvalue weighted by molar-refractivity contribution is 5.49. The van der Waals surface area contributed by atoms with Crippen molar-refractivity contribution in [3.05, 3.63) is 48.0 Å². The molecule has 78 valence electrons. The molecule has 0 radical (unpaired) electrons. The molecule has 1 heterocycles. The molecule has 3 nitrogen and oxygen atoms in total. The Hall–Kier alpha value is -2.05. The van der Waals surface area contributed by atoms with E-state index in [-0.39, 0.29) is 6.61 Å². The summed E-state index contributed by atoms with van der Waals surface area (Å²) in [5.74, 6) is 6.34. The third-order valence-corrected chi connectivity index (χ3v) is 2.61. The normalized spacial score (nSPS) is 13.3. The average Bonchev–Trinajstić information content (AvgIpc) is 3.07. The number of hydrogen-bond donors (Lipinski definition) is 1. The van der Waals surface area contributed by atoms with E-state index >= 15 is 0 Å². The van der Waals surface area contributed by atoms with Crippen molar-refractivity contribution in [1.29, 1.82) is 0 Å². The molecular formula is C13H10N2O. The van der Waals surface area contributed by atoms with Crippen LogP contribution in [0, 0.1) is 11.8 Å². The van der Waals surface area contributed by atoms with Crippen LogP contribution in [0.4, 0.5) is 0 Å². The van der Waals surface area contributed by atoms with Crippen LogP contribution >= 0.6 is 0 Å². The Morgan fingerprint density at radius 2 is 2.00 bits per heavy atom. The third kappa shape index (κ3) is 1.60. The van der Waals surface area contributed by atoms with Gasteiger partial charge in [0.2, 0.25) is 0 Å². The number of aliphatic hydroxyl groups is 1. The van der Waals surface area contributed by atoms with Gasteiger partial charge in [0.15, 0.2) is 0 Å². The predicted molar refractivity (Wildman–Crippen MR) is 60.0 cm³/mol. The van der Waals surface area contributed by atoms with E-state index < -0.39 is 0 Å². The molecule has 1 aliphatic rings. The summed E-state index contributed by atoms with van der Waals surface area (Å²) >= 11 is 0. The number of imidazole rings is 1. The topological polar surface area (TPSA) is 38.0 Å². The highest BCUT2D eigenvalue weighted by atomic mass is 16.3. The number of aromatic nitrogens is 2. The Balaban J connectivity index is 1.87. The van der Waals surface area contributed by atoms with E-state index in [4.69, 9.17) is 5.11 Å². The number of hydrogen-bond acceptors (Lipinski definition) is 2. The summed E-state index contributed by atoms with van der Waals surface area (Å²) in [6.07, 6.45) is 3.52. The predicted octanol–water partition coefficient (Wildman–Crippen LogP) is 1.47. The van der Waals surface area contributed by atoms with Gasteiger partial charge in [-0.2, -0.15) is 0 Å². The molecule has 1 aliphatic carbocycles. The number of nitrogens with zero attached hydrogens (tertiary/aromatic N) is 2. The monoisotopic (exact) mass is 210 g/mol. The second-order valence-corrected chi connectivity index (χ2v) is 3.74. The molecule has 3 heteroatoms. The van der Waals surface area contributed by atoms with Gasteiger partial charge in [0.25, 0.3) is 0 Å². The lowest BCUT2D eigenvalue weighted by Gasteiger charge is -2.03. The fourth-order valence-corrected chi connectivity index (χ4v) is 1.63. The van der Waals surface area contributed by atoms with Crippen LogP contribution < -0.4 is 0 Å². The van der Waals surface area contributed by atoms with Crippen molar-refractivity contribution in [2.75, 3.05) is 0 Å². The van der Waals surface area contributed by atoms with Crippen LogP contribution in [0.3, 0.4) is 0 Å². The first kappa shape index (κ1) is 9.20. The first-order chi connectivity index (χ1) is 7.86. The second-order valence-electron chi connectivity index (χ2n) is 3.74. The minimum atomic E-state index is -0.0268. The number of rotatable bonds is 3. The van der Waals surface area contributed by atoms with Gasteiger partial charge in [0.1, 0.15) is 5.92 Å². The van der Waals surface area contributed by atoms with Crippen molar-refractivity contribution in [3.8, 4) is 17.5 Å². The van der Waals surface area contributed by atoms with Crippen LogP contribution in [0.1, 0.15) is 17.2 Å². The van der Waals surface area contributed by atoms with Crippen LogP contribution in [-0.4, -0.2) is 14.7 Å². The van der Waals surface area contributed by atoms with Crippen molar-refractivity contribution >= 4 is 0 Å². The van der Waals surface area contributed by atoms with Crippen molar-refractivity contribution in [2.24, 2.45) is 0 Å². The Labute approximate surface area is 93.4 Å². The maximum absolute atomic E-state index is 8.93. The Kier molecular flexibility index (Phi) is 2.02.